The summed E-state index contributed by atoms with van der Waals surface area (Å²) >= 11 is 0. The van der Waals surface area contributed by atoms with Crippen LogP contribution in [0, 0.1) is 17.8 Å². The molecule has 1 heteroatoms. The van der Waals surface area contributed by atoms with Crippen LogP contribution in [0.2, 0.25) is 0 Å². The van der Waals surface area contributed by atoms with Gasteiger partial charge in [-0.05, 0) is 66.7 Å². The largest absolute Gasteiger partial charge is 0.489 e. The molecule has 6 rings (SSSR count). The Morgan fingerprint density at radius 3 is 2.81 bits per heavy atom. The van der Waals surface area contributed by atoms with Crippen LogP contribution in [-0.4, -0.2) is 6.10 Å². The fraction of sp³-hybridized carbons (Fsp3) is 0.500. The second-order valence-electron chi connectivity index (χ2n) is 7.88. The van der Waals surface area contributed by atoms with Crippen molar-refractivity contribution >= 4 is 10.8 Å². The molecule has 3 bridgehead atoms. The predicted octanol–water partition coefficient (Wildman–Crippen LogP) is 4.68. The molecule has 1 nitrogen and oxygen atoms in total. The lowest BCUT2D eigenvalue weighted by atomic mass is 9.60. The molecular formula is C20H20O. The summed E-state index contributed by atoms with van der Waals surface area (Å²) in [6.45, 7) is 0. The van der Waals surface area contributed by atoms with E-state index >= 15 is 0 Å². The van der Waals surface area contributed by atoms with E-state index in [0.717, 1.165) is 17.8 Å². The van der Waals surface area contributed by atoms with Gasteiger partial charge in [-0.3, -0.25) is 0 Å². The standard InChI is InChI=1S/C20H20O/c1-2-4-16-14(3-1)5-6-17-19(16)20-11-13-7-12(8-15(20)9-13)10-18(20)21-17/h1-6,12-13,15,18H,7-11H2/t12-,13+,15-,18+,20-/m0/s1. The van der Waals surface area contributed by atoms with Crippen LogP contribution in [0.25, 0.3) is 10.8 Å². The average molecular weight is 276 g/mol. The van der Waals surface area contributed by atoms with Gasteiger partial charge in [-0.15, -0.1) is 0 Å². The minimum atomic E-state index is 0.355. The third kappa shape index (κ3) is 1.17. The summed E-state index contributed by atoms with van der Waals surface area (Å²) < 4.78 is 6.52. The minimum Gasteiger partial charge on any atom is -0.489 e. The number of benzene rings is 2. The third-order valence-electron chi connectivity index (χ3n) is 7.00. The molecule has 0 amide bonds. The molecule has 4 aliphatic rings. The van der Waals surface area contributed by atoms with Crippen molar-refractivity contribution in [1.82, 2.24) is 0 Å². The molecule has 5 atom stereocenters. The van der Waals surface area contributed by atoms with Gasteiger partial charge in [0.25, 0.3) is 0 Å². The van der Waals surface area contributed by atoms with E-state index in [1.54, 1.807) is 5.56 Å². The molecule has 0 saturated heterocycles. The first-order chi connectivity index (χ1) is 10.3. The summed E-state index contributed by atoms with van der Waals surface area (Å²) in [5.74, 6) is 3.99. The summed E-state index contributed by atoms with van der Waals surface area (Å²) in [6.07, 6.45) is 7.54. The van der Waals surface area contributed by atoms with E-state index in [-0.39, 0.29) is 0 Å². The van der Waals surface area contributed by atoms with Gasteiger partial charge < -0.3 is 4.74 Å². The van der Waals surface area contributed by atoms with Crippen LogP contribution >= 0.6 is 0 Å². The van der Waals surface area contributed by atoms with Gasteiger partial charge >= 0.3 is 0 Å². The van der Waals surface area contributed by atoms with Crippen LogP contribution < -0.4 is 4.74 Å². The maximum Gasteiger partial charge on any atom is 0.124 e. The van der Waals surface area contributed by atoms with Crippen molar-refractivity contribution < 1.29 is 4.74 Å². The van der Waals surface area contributed by atoms with Crippen molar-refractivity contribution in [3.63, 3.8) is 0 Å². The summed E-state index contributed by atoms with van der Waals surface area (Å²) in [4.78, 5) is 0. The molecule has 1 spiro atoms. The molecule has 2 aromatic rings. The Morgan fingerprint density at radius 2 is 1.81 bits per heavy atom. The molecule has 0 radical (unpaired) electrons. The third-order valence-corrected chi connectivity index (χ3v) is 7.00. The van der Waals surface area contributed by atoms with Gasteiger partial charge in [0.2, 0.25) is 0 Å². The molecule has 0 unspecified atom stereocenters. The van der Waals surface area contributed by atoms with Crippen LogP contribution in [0.15, 0.2) is 36.4 Å². The Labute approximate surface area is 125 Å². The monoisotopic (exact) mass is 276 g/mol. The highest BCUT2D eigenvalue weighted by molar-refractivity contribution is 5.90. The fourth-order valence-corrected chi connectivity index (χ4v) is 6.50. The first kappa shape index (κ1) is 11.1. The Balaban J connectivity index is 1.70. The summed E-state index contributed by atoms with van der Waals surface area (Å²) in [7, 11) is 0. The molecule has 0 N–H and O–H groups in total. The van der Waals surface area contributed by atoms with Gasteiger partial charge in [-0.1, -0.05) is 30.3 Å². The Morgan fingerprint density at radius 1 is 0.905 bits per heavy atom. The van der Waals surface area contributed by atoms with Crippen molar-refractivity contribution in [2.45, 2.75) is 43.6 Å². The molecule has 1 aliphatic heterocycles. The van der Waals surface area contributed by atoms with Gasteiger partial charge in [-0.2, -0.15) is 0 Å². The van der Waals surface area contributed by atoms with Crippen LogP contribution in [-0.2, 0) is 5.41 Å². The molecule has 0 aromatic heterocycles. The number of rotatable bonds is 0. The van der Waals surface area contributed by atoms with Gasteiger partial charge in [0, 0.05) is 11.0 Å². The van der Waals surface area contributed by atoms with E-state index in [1.807, 2.05) is 0 Å². The summed E-state index contributed by atoms with van der Waals surface area (Å²) in [6, 6.07) is 13.4. The molecule has 2 aromatic carbocycles. The molecule has 3 fully saturated rings. The van der Waals surface area contributed by atoms with E-state index in [4.69, 9.17) is 4.74 Å². The lowest BCUT2D eigenvalue weighted by Gasteiger charge is -2.43. The second kappa shape index (κ2) is 3.45. The fourth-order valence-electron chi connectivity index (χ4n) is 6.50. The Kier molecular flexibility index (Phi) is 1.83. The first-order valence-corrected chi connectivity index (χ1v) is 8.53. The zero-order chi connectivity index (χ0) is 13.6. The quantitative estimate of drug-likeness (QED) is 0.679. The zero-order valence-corrected chi connectivity index (χ0v) is 12.2. The van der Waals surface area contributed by atoms with Gasteiger partial charge in [0.15, 0.2) is 0 Å². The smallest absolute Gasteiger partial charge is 0.124 e. The van der Waals surface area contributed by atoms with Crippen molar-refractivity contribution in [2.75, 3.05) is 0 Å². The maximum absolute atomic E-state index is 6.52. The SMILES string of the molecule is c1ccc2c3c(ccc2c1)O[C@@H]1C[C@H]2C[C@@H]4C[C@H](C2)[C@]31C4. The summed E-state index contributed by atoms with van der Waals surface area (Å²) in [5.41, 5.74) is 1.94. The predicted molar refractivity (Wildman–Crippen MR) is 83.6 cm³/mol. The van der Waals surface area contributed by atoms with Crippen molar-refractivity contribution in [3.05, 3.63) is 42.0 Å². The Bertz CT molecular complexity index is 764. The molecule has 21 heavy (non-hydrogen) atoms. The molecule has 3 saturated carbocycles. The molecule has 1 heterocycles. The molecule has 106 valence electrons. The van der Waals surface area contributed by atoms with Crippen molar-refractivity contribution in [1.29, 1.82) is 0 Å². The topological polar surface area (TPSA) is 9.23 Å². The molecule has 3 aliphatic carbocycles. The van der Waals surface area contributed by atoms with Crippen LogP contribution in [0.1, 0.15) is 37.7 Å². The van der Waals surface area contributed by atoms with Crippen LogP contribution in [0.5, 0.6) is 5.75 Å². The van der Waals surface area contributed by atoms with E-state index < -0.39 is 0 Å². The minimum absolute atomic E-state index is 0.355. The lowest BCUT2D eigenvalue weighted by Crippen LogP contribution is -2.46. The van der Waals surface area contributed by atoms with Crippen LogP contribution in [0.4, 0.5) is 0 Å². The normalized spacial score (nSPS) is 41.9. The highest BCUT2D eigenvalue weighted by Gasteiger charge is 2.64. The van der Waals surface area contributed by atoms with Crippen molar-refractivity contribution in [3.8, 4) is 5.75 Å². The average Bonchev–Trinajstić information content (AvgIpc) is 2.92. The maximum atomic E-state index is 6.52. The number of ether oxygens (including phenoxy) is 1. The van der Waals surface area contributed by atoms with Crippen molar-refractivity contribution in [2.24, 2.45) is 17.8 Å². The zero-order valence-electron chi connectivity index (χ0n) is 12.2. The first-order valence-electron chi connectivity index (χ1n) is 8.53. The Hall–Kier alpha value is -1.50. The van der Waals surface area contributed by atoms with E-state index in [9.17, 15) is 0 Å². The molecular weight excluding hydrogens is 256 g/mol. The van der Waals surface area contributed by atoms with Crippen LogP contribution in [0.3, 0.4) is 0 Å². The summed E-state index contributed by atoms with van der Waals surface area (Å²) in [5, 5.41) is 2.85. The van der Waals surface area contributed by atoms with Gasteiger partial charge in [-0.25, -0.2) is 0 Å². The highest BCUT2D eigenvalue weighted by Crippen LogP contribution is 2.67. The number of fused-ring (bicyclic) bond motifs is 5. The highest BCUT2D eigenvalue weighted by atomic mass is 16.5. The lowest BCUT2D eigenvalue weighted by molar-refractivity contribution is 0.0402. The van der Waals surface area contributed by atoms with Gasteiger partial charge in [0.05, 0.1) is 0 Å². The number of hydrogen-bond donors (Lipinski definition) is 0. The van der Waals surface area contributed by atoms with E-state index in [0.29, 0.717) is 11.5 Å². The van der Waals surface area contributed by atoms with E-state index in [1.165, 1.54) is 48.6 Å². The second-order valence-corrected chi connectivity index (χ2v) is 7.88. The number of hydrogen-bond acceptors (Lipinski definition) is 1. The van der Waals surface area contributed by atoms with E-state index in [2.05, 4.69) is 36.4 Å². The van der Waals surface area contributed by atoms with Gasteiger partial charge in [0.1, 0.15) is 11.9 Å².